The van der Waals surface area contributed by atoms with Gasteiger partial charge in [-0.3, -0.25) is 4.79 Å². The maximum Gasteiger partial charge on any atom is 0.227 e. The Bertz CT molecular complexity index is 1070. The second-order valence-electron chi connectivity index (χ2n) is 7.91. The predicted molar refractivity (Wildman–Crippen MR) is 120 cm³/mol. The van der Waals surface area contributed by atoms with E-state index < -0.39 is 0 Å². The number of ketones is 1. The number of nitrogens with one attached hydrogen (secondary N) is 1. The van der Waals surface area contributed by atoms with Gasteiger partial charge in [-0.15, -0.1) is 0 Å². The summed E-state index contributed by atoms with van der Waals surface area (Å²) >= 11 is 0. The van der Waals surface area contributed by atoms with Crippen molar-refractivity contribution in [3.63, 3.8) is 0 Å². The molecule has 1 aliphatic carbocycles. The van der Waals surface area contributed by atoms with Crippen LogP contribution in [0.3, 0.4) is 0 Å². The van der Waals surface area contributed by atoms with Gasteiger partial charge in [-0.1, -0.05) is 30.3 Å². The van der Waals surface area contributed by atoms with Crippen LogP contribution in [0.5, 0.6) is 0 Å². The van der Waals surface area contributed by atoms with Crippen LogP contribution in [0, 0.1) is 0 Å². The van der Waals surface area contributed by atoms with Crippen molar-refractivity contribution in [3.05, 3.63) is 65.6 Å². The van der Waals surface area contributed by atoms with Crippen molar-refractivity contribution in [2.24, 2.45) is 0 Å². The Morgan fingerprint density at radius 3 is 2.23 bits per heavy atom. The molecule has 5 rings (SSSR count). The first-order chi connectivity index (χ1) is 15.2. The van der Waals surface area contributed by atoms with Gasteiger partial charge in [0.05, 0.1) is 11.3 Å². The molecule has 31 heavy (non-hydrogen) atoms. The second kappa shape index (κ2) is 8.29. The first-order valence-corrected chi connectivity index (χ1v) is 10.7. The number of nitrogens with zero attached hydrogens (tertiary/aromatic N) is 6. The van der Waals surface area contributed by atoms with E-state index in [1.54, 1.807) is 12.4 Å². The standard InChI is InChI=1S/C23H25N7O/c1-24-21-20-18(14-17(15-19(20)31)16-6-3-2-4-7-16)27-23(28-21)30-12-10-29(11-13-30)22-25-8-5-9-26-22/h2-9,17H,10-15H2,1H3,(H,24,27,28). The van der Waals surface area contributed by atoms with E-state index in [9.17, 15) is 4.79 Å². The summed E-state index contributed by atoms with van der Waals surface area (Å²) in [5.41, 5.74) is 2.67. The highest BCUT2D eigenvalue weighted by molar-refractivity contribution is 6.03. The van der Waals surface area contributed by atoms with Crippen LogP contribution < -0.4 is 15.1 Å². The Morgan fingerprint density at radius 1 is 0.871 bits per heavy atom. The van der Waals surface area contributed by atoms with Gasteiger partial charge in [0.2, 0.25) is 11.9 Å². The average molecular weight is 416 g/mol. The summed E-state index contributed by atoms with van der Waals surface area (Å²) in [5, 5.41) is 3.13. The molecule has 3 aromatic rings. The minimum atomic E-state index is 0.108. The molecule has 0 amide bonds. The minimum Gasteiger partial charge on any atom is -0.372 e. The molecule has 1 atom stereocenters. The third-order valence-electron chi connectivity index (χ3n) is 6.03. The fourth-order valence-electron chi connectivity index (χ4n) is 4.41. The lowest BCUT2D eigenvalue weighted by Crippen LogP contribution is -2.48. The van der Waals surface area contributed by atoms with Gasteiger partial charge in [-0.2, -0.15) is 4.98 Å². The molecule has 0 spiro atoms. The molecule has 0 radical (unpaired) electrons. The largest absolute Gasteiger partial charge is 0.372 e. The predicted octanol–water partition coefficient (Wildman–Crippen LogP) is 2.55. The highest BCUT2D eigenvalue weighted by atomic mass is 16.1. The molecule has 3 heterocycles. The summed E-state index contributed by atoms with van der Waals surface area (Å²) in [5.74, 6) is 2.32. The molecule has 1 fully saturated rings. The molecule has 8 nitrogen and oxygen atoms in total. The molecule has 0 saturated carbocycles. The number of fused-ring (bicyclic) bond motifs is 1. The quantitative estimate of drug-likeness (QED) is 0.696. The highest BCUT2D eigenvalue weighted by Crippen LogP contribution is 2.35. The van der Waals surface area contributed by atoms with E-state index in [0.717, 1.165) is 44.2 Å². The molecular weight excluding hydrogens is 390 g/mol. The molecule has 1 N–H and O–H groups in total. The number of carbonyl (C=O) groups is 1. The van der Waals surface area contributed by atoms with E-state index in [0.29, 0.717) is 23.8 Å². The normalized spacial score (nSPS) is 18.6. The van der Waals surface area contributed by atoms with Crippen LogP contribution in [-0.2, 0) is 6.42 Å². The monoisotopic (exact) mass is 415 g/mol. The first-order valence-electron chi connectivity index (χ1n) is 10.7. The Morgan fingerprint density at radius 2 is 1.55 bits per heavy atom. The zero-order valence-corrected chi connectivity index (χ0v) is 17.5. The number of piperazine rings is 1. The van der Waals surface area contributed by atoms with Gasteiger partial charge in [0, 0.05) is 52.0 Å². The van der Waals surface area contributed by atoms with E-state index >= 15 is 0 Å². The number of rotatable bonds is 4. The lowest BCUT2D eigenvalue weighted by atomic mass is 9.82. The Hall–Kier alpha value is -3.55. The van der Waals surface area contributed by atoms with Crippen LogP contribution in [0.2, 0.25) is 0 Å². The molecule has 0 bridgehead atoms. The van der Waals surface area contributed by atoms with Crippen LogP contribution in [0.1, 0.15) is 34.0 Å². The number of hydrogen-bond acceptors (Lipinski definition) is 8. The van der Waals surface area contributed by atoms with Crippen molar-refractivity contribution in [2.45, 2.75) is 18.8 Å². The Kier molecular flexibility index (Phi) is 5.19. The average Bonchev–Trinajstić information content (AvgIpc) is 2.84. The van der Waals surface area contributed by atoms with Crippen molar-refractivity contribution in [1.29, 1.82) is 0 Å². The fourth-order valence-corrected chi connectivity index (χ4v) is 4.41. The zero-order valence-electron chi connectivity index (χ0n) is 17.5. The second-order valence-corrected chi connectivity index (χ2v) is 7.91. The van der Waals surface area contributed by atoms with Crippen LogP contribution in [0.4, 0.5) is 17.7 Å². The van der Waals surface area contributed by atoms with Gasteiger partial charge in [-0.05, 0) is 24.0 Å². The highest BCUT2D eigenvalue weighted by Gasteiger charge is 2.32. The molecule has 1 aromatic carbocycles. The third kappa shape index (κ3) is 3.81. The maximum atomic E-state index is 13.0. The van der Waals surface area contributed by atoms with E-state index in [1.807, 2.05) is 31.3 Å². The van der Waals surface area contributed by atoms with Gasteiger partial charge in [-0.25, -0.2) is 15.0 Å². The minimum absolute atomic E-state index is 0.108. The topological polar surface area (TPSA) is 87.1 Å². The van der Waals surface area contributed by atoms with E-state index in [2.05, 4.69) is 37.2 Å². The summed E-state index contributed by atoms with van der Waals surface area (Å²) in [6.07, 6.45) is 4.76. The molecule has 1 saturated heterocycles. The van der Waals surface area contributed by atoms with Gasteiger partial charge in [0.1, 0.15) is 5.82 Å². The van der Waals surface area contributed by atoms with Gasteiger partial charge < -0.3 is 15.1 Å². The molecular formula is C23H25N7O. The van der Waals surface area contributed by atoms with Crippen LogP contribution >= 0.6 is 0 Å². The van der Waals surface area contributed by atoms with E-state index in [-0.39, 0.29) is 11.7 Å². The molecule has 8 heteroatoms. The van der Waals surface area contributed by atoms with Crippen molar-refractivity contribution in [1.82, 2.24) is 19.9 Å². The van der Waals surface area contributed by atoms with Crippen LogP contribution in [0.15, 0.2) is 48.8 Å². The van der Waals surface area contributed by atoms with Gasteiger partial charge in [0.15, 0.2) is 5.78 Å². The Labute approximate surface area is 181 Å². The van der Waals surface area contributed by atoms with Crippen molar-refractivity contribution >= 4 is 23.5 Å². The van der Waals surface area contributed by atoms with Crippen molar-refractivity contribution < 1.29 is 4.79 Å². The molecule has 1 aliphatic heterocycles. The molecule has 2 aromatic heterocycles. The smallest absolute Gasteiger partial charge is 0.227 e. The number of Topliss-reactive ketones (excluding diaryl/α,β-unsaturated/α-hetero) is 1. The lowest BCUT2D eigenvalue weighted by Gasteiger charge is -2.35. The zero-order chi connectivity index (χ0) is 21.2. The van der Waals surface area contributed by atoms with Gasteiger partial charge in [0.25, 0.3) is 0 Å². The number of anilines is 3. The van der Waals surface area contributed by atoms with Crippen LogP contribution in [-0.4, -0.2) is 58.9 Å². The molecule has 1 unspecified atom stereocenters. The number of aromatic nitrogens is 4. The van der Waals surface area contributed by atoms with Crippen LogP contribution in [0.25, 0.3) is 0 Å². The number of benzene rings is 1. The number of carbonyl (C=O) groups excluding carboxylic acids is 1. The van der Waals surface area contributed by atoms with E-state index in [1.165, 1.54) is 5.56 Å². The molecule has 2 aliphatic rings. The summed E-state index contributed by atoms with van der Waals surface area (Å²) < 4.78 is 0. The summed E-state index contributed by atoms with van der Waals surface area (Å²) in [7, 11) is 1.81. The lowest BCUT2D eigenvalue weighted by molar-refractivity contribution is 0.0963. The summed E-state index contributed by atoms with van der Waals surface area (Å²) in [4.78, 5) is 35.6. The molecule has 158 valence electrons. The Balaban J connectivity index is 1.40. The first kappa shape index (κ1) is 19.4. The number of hydrogen-bond donors (Lipinski definition) is 1. The van der Waals surface area contributed by atoms with Crippen molar-refractivity contribution in [2.75, 3.05) is 48.3 Å². The SMILES string of the molecule is CNc1nc(N2CCN(c3ncccn3)CC2)nc2c1C(=O)CC(c1ccccc1)C2. The van der Waals surface area contributed by atoms with Crippen molar-refractivity contribution in [3.8, 4) is 0 Å². The van der Waals surface area contributed by atoms with Gasteiger partial charge >= 0.3 is 0 Å². The third-order valence-corrected chi connectivity index (χ3v) is 6.03. The summed E-state index contributed by atoms with van der Waals surface area (Å²) in [6, 6.07) is 12.1. The maximum absolute atomic E-state index is 13.0. The van der Waals surface area contributed by atoms with E-state index in [4.69, 9.17) is 9.97 Å². The fraction of sp³-hybridized carbons (Fsp3) is 0.348. The summed E-state index contributed by atoms with van der Waals surface area (Å²) in [6.45, 7) is 3.14.